The van der Waals surface area contributed by atoms with Gasteiger partial charge in [-0.2, -0.15) is 0 Å². The molecule has 0 fully saturated rings. The number of halogens is 2. The summed E-state index contributed by atoms with van der Waals surface area (Å²) in [4.78, 5) is 10.9. The van der Waals surface area contributed by atoms with Gasteiger partial charge in [0.1, 0.15) is 0 Å². The molecule has 1 heterocycles. The number of hydrogen-bond donors (Lipinski definition) is 1. The molecular weight excluding hydrogens is 197 g/mol. The molecular formula is C8H5Cl2NO. The zero-order valence-electron chi connectivity index (χ0n) is 6.03. The number of nitrogens with one attached hydrogen (secondary N) is 1. The second kappa shape index (κ2) is 2.64. The Morgan fingerprint density at radius 2 is 1.92 bits per heavy atom. The van der Waals surface area contributed by atoms with Crippen LogP contribution in [0.2, 0.25) is 10.0 Å². The Bertz CT molecular complexity index is 329. The van der Waals surface area contributed by atoms with Crippen LogP contribution < -0.4 is 5.32 Å². The maximum absolute atomic E-state index is 10.9. The maximum atomic E-state index is 10.9. The first-order valence-electron chi connectivity index (χ1n) is 3.44. The minimum Gasteiger partial charge on any atom is -0.325 e. The molecule has 1 amide bonds. The zero-order valence-corrected chi connectivity index (χ0v) is 7.54. The summed E-state index contributed by atoms with van der Waals surface area (Å²) in [5, 5.41) is 3.65. The Balaban J connectivity index is 2.55. The Morgan fingerprint density at radius 3 is 2.67 bits per heavy atom. The molecule has 1 aliphatic rings. The van der Waals surface area contributed by atoms with Crippen LogP contribution in [0.4, 0.5) is 5.69 Å². The molecule has 4 heteroatoms. The van der Waals surface area contributed by atoms with Gasteiger partial charge in [0, 0.05) is 5.69 Å². The molecule has 0 atom stereocenters. The van der Waals surface area contributed by atoms with Crippen LogP contribution in [0.1, 0.15) is 5.56 Å². The van der Waals surface area contributed by atoms with Crippen LogP contribution in [0.5, 0.6) is 0 Å². The number of carbonyl (C=O) groups is 1. The minimum absolute atomic E-state index is 0.0108. The van der Waals surface area contributed by atoms with Crippen LogP contribution in [-0.2, 0) is 11.2 Å². The van der Waals surface area contributed by atoms with Crippen molar-refractivity contribution < 1.29 is 4.79 Å². The molecule has 0 aromatic heterocycles. The van der Waals surface area contributed by atoms with Crippen molar-refractivity contribution in [1.29, 1.82) is 0 Å². The predicted octanol–water partition coefficient (Wildman–Crippen LogP) is 2.49. The van der Waals surface area contributed by atoms with E-state index in [0.717, 1.165) is 11.3 Å². The highest BCUT2D eigenvalue weighted by Gasteiger charge is 2.18. The van der Waals surface area contributed by atoms with Crippen molar-refractivity contribution in [3.63, 3.8) is 0 Å². The SMILES string of the molecule is O=C1Cc2cc(Cl)c(Cl)cc2N1. The molecule has 2 nitrogen and oxygen atoms in total. The number of fused-ring (bicyclic) bond motifs is 1. The van der Waals surface area contributed by atoms with Crippen LogP contribution in [0.3, 0.4) is 0 Å². The third-order valence-corrected chi connectivity index (χ3v) is 2.49. The van der Waals surface area contributed by atoms with Gasteiger partial charge in [0.05, 0.1) is 16.5 Å². The van der Waals surface area contributed by atoms with Crippen LogP contribution in [-0.4, -0.2) is 5.91 Å². The first-order chi connectivity index (χ1) is 5.66. The topological polar surface area (TPSA) is 29.1 Å². The molecule has 1 aromatic rings. The first-order valence-corrected chi connectivity index (χ1v) is 4.20. The second-order valence-corrected chi connectivity index (χ2v) is 3.46. The van der Waals surface area contributed by atoms with Gasteiger partial charge >= 0.3 is 0 Å². The molecule has 1 N–H and O–H groups in total. The van der Waals surface area contributed by atoms with Crippen molar-refractivity contribution in [1.82, 2.24) is 0 Å². The lowest BCUT2D eigenvalue weighted by Crippen LogP contribution is -2.03. The Labute approximate surface area is 79.5 Å². The summed E-state index contributed by atoms with van der Waals surface area (Å²) < 4.78 is 0. The van der Waals surface area contributed by atoms with Crippen molar-refractivity contribution in [3.05, 3.63) is 27.7 Å². The normalized spacial score (nSPS) is 14.3. The van der Waals surface area contributed by atoms with Gasteiger partial charge < -0.3 is 5.32 Å². The van der Waals surface area contributed by atoms with Crippen molar-refractivity contribution >= 4 is 34.8 Å². The lowest BCUT2D eigenvalue weighted by Gasteiger charge is -2.00. The third kappa shape index (κ3) is 1.17. The van der Waals surface area contributed by atoms with E-state index >= 15 is 0 Å². The largest absolute Gasteiger partial charge is 0.325 e. The van der Waals surface area contributed by atoms with Crippen LogP contribution in [0, 0.1) is 0 Å². The molecule has 0 saturated heterocycles. The molecule has 0 radical (unpaired) electrons. The highest BCUT2D eigenvalue weighted by Crippen LogP contribution is 2.32. The molecule has 2 rings (SSSR count). The number of amides is 1. The van der Waals surface area contributed by atoms with E-state index in [-0.39, 0.29) is 5.91 Å². The molecule has 12 heavy (non-hydrogen) atoms. The molecule has 1 aromatic carbocycles. The summed E-state index contributed by atoms with van der Waals surface area (Å²) >= 11 is 11.5. The first kappa shape index (κ1) is 7.90. The fourth-order valence-corrected chi connectivity index (χ4v) is 1.57. The van der Waals surface area contributed by atoms with Crippen molar-refractivity contribution in [2.75, 3.05) is 5.32 Å². The highest BCUT2D eigenvalue weighted by atomic mass is 35.5. The fraction of sp³-hybridized carbons (Fsp3) is 0.125. The van der Waals surface area contributed by atoms with E-state index in [9.17, 15) is 4.79 Å². The van der Waals surface area contributed by atoms with Crippen LogP contribution in [0.25, 0.3) is 0 Å². The third-order valence-electron chi connectivity index (χ3n) is 1.77. The second-order valence-electron chi connectivity index (χ2n) is 2.65. The summed E-state index contributed by atoms with van der Waals surface area (Å²) in [5.41, 5.74) is 1.68. The average Bonchev–Trinajstić information content (AvgIpc) is 2.30. The van der Waals surface area contributed by atoms with Gasteiger partial charge in [0.15, 0.2) is 0 Å². The maximum Gasteiger partial charge on any atom is 0.228 e. The Hall–Kier alpha value is -0.730. The number of rotatable bonds is 0. The quantitative estimate of drug-likeness (QED) is 0.687. The lowest BCUT2D eigenvalue weighted by atomic mass is 10.2. The Kier molecular flexibility index (Phi) is 1.74. The van der Waals surface area contributed by atoms with Gasteiger partial charge in [-0.05, 0) is 17.7 Å². The standard InChI is InChI=1S/C8H5Cl2NO/c9-5-1-4-2-8(12)11-7(4)3-6(5)10/h1,3H,2H2,(H,11,12). The van der Waals surface area contributed by atoms with Crippen LogP contribution >= 0.6 is 23.2 Å². The summed E-state index contributed by atoms with van der Waals surface area (Å²) in [7, 11) is 0. The van der Waals surface area contributed by atoms with E-state index in [1.54, 1.807) is 12.1 Å². The molecule has 62 valence electrons. The molecule has 0 spiro atoms. The van der Waals surface area contributed by atoms with Gasteiger partial charge in [-0.1, -0.05) is 23.2 Å². The van der Waals surface area contributed by atoms with E-state index in [1.165, 1.54) is 0 Å². The zero-order chi connectivity index (χ0) is 8.72. The van der Waals surface area contributed by atoms with Gasteiger partial charge in [0.2, 0.25) is 5.91 Å². The summed E-state index contributed by atoms with van der Waals surface area (Å²) in [6.45, 7) is 0. The monoisotopic (exact) mass is 201 g/mol. The van der Waals surface area contributed by atoms with Gasteiger partial charge in [-0.15, -0.1) is 0 Å². The van der Waals surface area contributed by atoms with Gasteiger partial charge in [0.25, 0.3) is 0 Å². The molecule has 0 bridgehead atoms. The fourth-order valence-electron chi connectivity index (χ4n) is 1.22. The van der Waals surface area contributed by atoms with E-state index < -0.39 is 0 Å². The van der Waals surface area contributed by atoms with Crippen LogP contribution in [0.15, 0.2) is 12.1 Å². The van der Waals surface area contributed by atoms with E-state index in [0.29, 0.717) is 16.5 Å². The Morgan fingerprint density at radius 1 is 1.25 bits per heavy atom. The van der Waals surface area contributed by atoms with Crippen molar-refractivity contribution in [2.24, 2.45) is 0 Å². The summed E-state index contributed by atoms with van der Waals surface area (Å²) in [6.07, 6.45) is 0.395. The number of carbonyl (C=O) groups excluding carboxylic acids is 1. The number of anilines is 1. The van der Waals surface area contributed by atoms with E-state index in [4.69, 9.17) is 23.2 Å². The van der Waals surface area contributed by atoms with Crippen molar-refractivity contribution in [3.8, 4) is 0 Å². The predicted molar refractivity (Wildman–Crippen MR) is 48.8 cm³/mol. The smallest absolute Gasteiger partial charge is 0.228 e. The minimum atomic E-state index is -0.0108. The molecule has 0 unspecified atom stereocenters. The van der Waals surface area contributed by atoms with E-state index in [1.807, 2.05) is 0 Å². The number of hydrogen-bond acceptors (Lipinski definition) is 1. The van der Waals surface area contributed by atoms with Crippen molar-refractivity contribution in [2.45, 2.75) is 6.42 Å². The molecule has 0 aliphatic carbocycles. The lowest BCUT2D eigenvalue weighted by molar-refractivity contribution is -0.115. The molecule has 1 aliphatic heterocycles. The average molecular weight is 202 g/mol. The van der Waals surface area contributed by atoms with Gasteiger partial charge in [-0.25, -0.2) is 0 Å². The van der Waals surface area contributed by atoms with Gasteiger partial charge in [-0.3, -0.25) is 4.79 Å². The molecule has 0 saturated carbocycles. The summed E-state index contributed by atoms with van der Waals surface area (Å²) in [5.74, 6) is -0.0108. The number of benzene rings is 1. The van der Waals surface area contributed by atoms with E-state index in [2.05, 4.69) is 5.32 Å². The highest BCUT2D eigenvalue weighted by molar-refractivity contribution is 6.42. The summed E-state index contributed by atoms with van der Waals surface area (Å²) in [6, 6.07) is 3.39.